The van der Waals surface area contributed by atoms with E-state index < -0.39 is 0 Å². The summed E-state index contributed by atoms with van der Waals surface area (Å²) in [5, 5.41) is 0. The van der Waals surface area contributed by atoms with Crippen LogP contribution in [0.15, 0.2) is 54.6 Å². The summed E-state index contributed by atoms with van der Waals surface area (Å²) in [6.07, 6.45) is 21.0. The second-order valence-corrected chi connectivity index (χ2v) is 7.74. The predicted octanol–water partition coefficient (Wildman–Crippen LogP) is 7.77. The molecule has 2 aromatic rings. The second-order valence-electron chi connectivity index (χ2n) is 7.74. The van der Waals surface area contributed by atoms with Crippen LogP contribution in [0.4, 0.5) is 0 Å². The molecular formula is C26H43FeN. The van der Waals surface area contributed by atoms with Gasteiger partial charge in [0.1, 0.15) is 0 Å². The van der Waals surface area contributed by atoms with E-state index in [-0.39, 0.29) is 17.1 Å². The Morgan fingerprint density at radius 2 is 0.929 bits per heavy atom. The SMILES string of the molecule is NCCCCCCCCCCCCCCCC[c-]1cccc1.[Fe+2].c1cc[cH-]c1. The van der Waals surface area contributed by atoms with Gasteiger partial charge in [-0.1, -0.05) is 89.9 Å². The molecule has 2 N–H and O–H groups in total. The average Bonchev–Trinajstić information content (AvgIpc) is 3.41. The van der Waals surface area contributed by atoms with Gasteiger partial charge >= 0.3 is 17.1 Å². The van der Waals surface area contributed by atoms with Gasteiger partial charge in [-0.3, -0.25) is 0 Å². The third-order valence-corrected chi connectivity index (χ3v) is 5.21. The van der Waals surface area contributed by atoms with Gasteiger partial charge in [-0.25, -0.2) is 24.3 Å². The van der Waals surface area contributed by atoms with E-state index in [0.29, 0.717) is 0 Å². The van der Waals surface area contributed by atoms with Gasteiger partial charge in [0.2, 0.25) is 0 Å². The molecule has 0 fully saturated rings. The summed E-state index contributed by atoms with van der Waals surface area (Å²) in [7, 11) is 0. The van der Waals surface area contributed by atoms with Crippen LogP contribution in [-0.2, 0) is 23.5 Å². The van der Waals surface area contributed by atoms with Crippen molar-refractivity contribution in [2.24, 2.45) is 5.73 Å². The van der Waals surface area contributed by atoms with Crippen molar-refractivity contribution in [3.05, 3.63) is 60.2 Å². The minimum Gasteiger partial charge on any atom is -0.330 e. The first-order valence-electron chi connectivity index (χ1n) is 11.5. The number of hydrogen-bond acceptors (Lipinski definition) is 1. The quantitative estimate of drug-likeness (QED) is 0.166. The number of unbranched alkanes of at least 4 members (excludes halogenated alkanes) is 13. The fourth-order valence-corrected chi connectivity index (χ4v) is 3.50. The molecule has 0 heterocycles. The van der Waals surface area contributed by atoms with Gasteiger partial charge < -0.3 is 5.73 Å². The van der Waals surface area contributed by atoms with Crippen LogP contribution in [-0.4, -0.2) is 6.54 Å². The Morgan fingerprint density at radius 1 is 0.536 bits per heavy atom. The molecule has 1 nitrogen and oxygen atoms in total. The fourth-order valence-electron chi connectivity index (χ4n) is 3.50. The molecule has 2 aromatic carbocycles. The van der Waals surface area contributed by atoms with E-state index in [4.69, 9.17) is 5.73 Å². The van der Waals surface area contributed by atoms with Crippen LogP contribution < -0.4 is 5.73 Å². The van der Waals surface area contributed by atoms with Gasteiger partial charge in [0.15, 0.2) is 0 Å². The summed E-state index contributed by atoms with van der Waals surface area (Å²) >= 11 is 0. The summed E-state index contributed by atoms with van der Waals surface area (Å²) in [5.74, 6) is 0. The van der Waals surface area contributed by atoms with Crippen LogP contribution in [0.25, 0.3) is 0 Å². The van der Waals surface area contributed by atoms with Crippen molar-refractivity contribution in [1.82, 2.24) is 0 Å². The van der Waals surface area contributed by atoms with Gasteiger partial charge in [0.05, 0.1) is 0 Å². The van der Waals surface area contributed by atoms with Crippen molar-refractivity contribution in [3.63, 3.8) is 0 Å². The minimum atomic E-state index is 0. The van der Waals surface area contributed by atoms with Crippen LogP contribution in [0.5, 0.6) is 0 Å². The zero-order chi connectivity index (χ0) is 19.3. The van der Waals surface area contributed by atoms with E-state index in [9.17, 15) is 0 Å². The van der Waals surface area contributed by atoms with Gasteiger partial charge in [0, 0.05) is 0 Å². The zero-order valence-electron chi connectivity index (χ0n) is 17.9. The molecule has 2 rings (SSSR count). The summed E-state index contributed by atoms with van der Waals surface area (Å²) in [6.45, 7) is 0.869. The van der Waals surface area contributed by atoms with Gasteiger partial charge in [0.25, 0.3) is 0 Å². The Hall–Kier alpha value is -0.821. The van der Waals surface area contributed by atoms with Crippen LogP contribution in [0, 0.1) is 0 Å². The molecule has 0 bridgehead atoms. The van der Waals surface area contributed by atoms with Crippen molar-refractivity contribution in [2.45, 2.75) is 96.3 Å². The Kier molecular flexibility index (Phi) is 21.8. The van der Waals surface area contributed by atoms with E-state index in [2.05, 4.69) is 24.3 Å². The first kappa shape index (κ1) is 27.2. The van der Waals surface area contributed by atoms with E-state index in [1.807, 2.05) is 30.3 Å². The summed E-state index contributed by atoms with van der Waals surface area (Å²) in [5.41, 5.74) is 7.01. The fraction of sp³-hybridized carbons (Fsp3) is 0.615. The summed E-state index contributed by atoms with van der Waals surface area (Å²) in [6, 6.07) is 18.8. The number of aryl methyl sites for hydroxylation is 1. The number of nitrogens with two attached hydrogens (primary N) is 1. The van der Waals surface area contributed by atoms with Crippen molar-refractivity contribution in [3.8, 4) is 0 Å². The Bertz CT molecular complexity index is 443. The molecule has 0 saturated heterocycles. The van der Waals surface area contributed by atoms with Gasteiger partial charge in [-0.05, 0) is 13.0 Å². The Balaban J connectivity index is 0.00000105. The zero-order valence-corrected chi connectivity index (χ0v) is 19.0. The van der Waals surface area contributed by atoms with Crippen molar-refractivity contribution >= 4 is 0 Å². The van der Waals surface area contributed by atoms with Crippen LogP contribution in [0.3, 0.4) is 0 Å². The predicted molar refractivity (Wildman–Crippen MR) is 121 cm³/mol. The Morgan fingerprint density at radius 3 is 1.29 bits per heavy atom. The molecule has 0 atom stereocenters. The molecule has 0 aromatic heterocycles. The first-order valence-corrected chi connectivity index (χ1v) is 11.5. The van der Waals surface area contributed by atoms with E-state index in [0.717, 1.165) is 6.54 Å². The molecule has 0 unspecified atom stereocenters. The summed E-state index contributed by atoms with van der Waals surface area (Å²) < 4.78 is 0. The number of rotatable bonds is 16. The van der Waals surface area contributed by atoms with E-state index >= 15 is 0 Å². The van der Waals surface area contributed by atoms with Crippen molar-refractivity contribution in [1.29, 1.82) is 0 Å². The van der Waals surface area contributed by atoms with Gasteiger partial charge in [-0.2, -0.15) is 35.9 Å². The van der Waals surface area contributed by atoms with Crippen molar-refractivity contribution in [2.75, 3.05) is 6.54 Å². The largest absolute Gasteiger partial charge is 2.00 e. The molecule has 0 saturated carbocycles. The molecule has 2 heteroatoms. The smallest absolute Gasteiger partial charge is 0.330 e. The second kappa shape index (κ2) is 22.5. The molecular weight excluding hydrogens is 382 g/mol. The molecule has 28 heavy (non-hydrogen) atoms. The van der Waals surface area contributed by atoms with Crippen LogP contribution >= 0.6 is 0 Å². The Labute approximate surface area is 185 Å². The monoisotopic (exact) mass is 425 g/mol. The molecule has 160 valence electrons. The normalized spacial score (nSPS) is 10.2. The minimum absolute atomic E-state index is 0. The standard InChI is InChI=1S/C21H38N.C5H5.Fe/c22-20-16-12-10-8-6-4-2-1-3-5-7-9-11-13-17-21-18-14-15-19-21;1-2-4-5-3-1;/h14-15,18-19H,1-13,16-17,20,22H2;1-5H;/q2*-1;+2. The summed E-state index contributed by atoms with van der Waals surface area (Å²) in [4.78, 5) is 0. The van der Waals surface area contributed by atoms with E-state index in [1.165, 1.54) is 102 Å². The number of hydrogen-bond donors (Lipinski definition) is 1. The maximum Gasteiger partial charge on any atom is 2.00 e. The average molecular weight is 425 g/mol. The molecule has 0 radical (unpaired) electrons. The molecule has 0 spiro atoms. The van der Waals surface area contributed by atoms with Crippen molar-refractivity contribution < 1.29 is 17.1 Å². The maximum absolute atomic E-state index is 5.50. The van der Waals surface area contributed by atoms with Gasteiger partial charge in [-0.15, -0.1) is 0 Å². The van der Waals surface area contributed by atoms with Crippen LogP contribution in [0.1, 0.15) is 95.5 Å². The molecule has 0 aliphatic carbocycles. The molecule has 0 amide bonds. The molecule has 0 aliphatic rings. The maximum atomic E-state index is 5.50. The third-order valence-electron chi connectivity index (χ3n) is 5.21. The first-order chi connectivity index (χ1) is 13.4. The van der Waals surface area contributed by atoms with E-state index in [1.54, 1.807) is 0 Å². The molecule has 0 aliphatic heterocycles. The topological polar surface area (TPSA) is 26.0 Å². The van der Waals surface area contributed by atoms with Crippen LogP contribution in [0.2, 0.25) is 0 Å². The third kappa shape index (κ3) is 18.5.